The topological polar surface area (TPSA) is 81.7 Å². The van der Waals surface area contributed by atoms with Crippen LogP contribution in [-0.2, 0) is 0 Å². The molecule has 0 saturated carbocycles. The molecule has 2 N–H and O–H groups in total. The van der Waals surface area contributed by atoms with E-state index in [1.54, 1.807) is 44.6 Å². The molecule has 0 radical (unpaired) electrons. The van der Waals surface area contributed by atoms with Crippen LogP contribution in [0.25, 0.3) is 10.2 Å². The molecular weight excluding hydrogens is 386 g/mol. The average Bonchev–Trinajstić information content (AvgIpc) is 3.08. The molecule has 0 fully saturated rings. The maximum Gasteiger partial charge on any atom is 0.261 e. The Labute approximate surface area is 165 Å². The van der Waals surface area contributed by atoms with Crippen molar-refractivity contribution in [1.82, 2.24) is 10.3 Å². The summed E-state index contributed by atoms with van der Waals surface area (Å²) in [5, 5.41) is 6.22. The fourth-order valence-electron chi connectivity index (χ4n) is 2.43. The Morgan fingerprint density at radius 2 is 1.81 bits per heavy atom. The van der Waals surface area contributed by atoms with Gasteiger partial charge in [-0.3, -0.25) is 10.1 Å². The lowest BCUT2D eigenvalue weighted by Gasteiger charge is -2.10. The summed E-state index contributed by atoms with van der Waals surface area (Å²) in [4.78, 5) is 16.9. The predicted octanol–water partition coefficient (Wildman–Crippen LogP) is 3.45. The number of hydrogen-bond donors (Lipinski definition) is 2. The van der Waals surface area contributed by atoms with Crippen molar-refractivity contribution in [2.24, 2.45) is 0 Å². The molecule has 140 valence electrons. The number of benzene rings is 2. The highest BCUT2D eigenvalue weighted by Crippen LogP contribution is 2.36. The van der Waals surface area contributed by atoms with Gasteiger partial charge in [0.1, 0.15) is 22.8 Å². The smallest absolute Gasteiger partial charge is 0.261 e. The minimum absolute atomic E-state index is 0.135. The molecule has 1 aromatic heterocycles. The lowest BCUT2D eigenvalue weighted by molar-refractivity contribution is 0.0975. The first-order valence-corrected chi connectivity index (χ1v) is 9.06. The normalized spacial score (nSPS) is 10.3. The Bertz CT molecular complexity index is 1000. The van der Waals surface area contributed by atoms with Gasteiger partial charge in [-0.1, -0.05) is 23.5 Å². The third-order valence-corrected chi connectivity index (χ3v) is 4.81. The number of thiocarbonyl (C=S) groups is 1. The van der Waals surface area contributed by atoms with Crippen LogP contribution in [0, 0.1) is 0 Å². The fourth-order valence-corrected chi connectivity index (χ4v) is 3.60. The van der Waals surface area contributed by atoms with Crippen LogP contribution >= 0.6 is 23.6 Å². The maximum atomic E-state index is 12.4. The van der Waals surface area contributed by atoms with Crippen LogP contribution in [0.2, 0.25) is 0 Å². The van der Waals surface area contributed by atoms with E-state index in [1.165, 1.54) is 18.4 Å². The lowest BCUT2D eigenvalue weighted by Crippen LogP contribution is -2.34. The average molecular weight is 403 g/mol. The van der Waals surface area contributed by atoms with Gasteiger partial charge < -0.3 is 19.5 Å². The van der Waals surface area contributed by atoms with Crippen LogP contribution in [0.5, 0.6) is 17.2 Å². The summed E-state index contributed by atoms with van der Waals surface area (Å²) in [6.07, 6.45) is 0. The van der Waals surface area contributed by atoms with E-state index in [0.717, 1.165) is 4.70 Å². The van der Waals surface area contributed by atoms with Crippen LogP contribution in [0.1, 0.15) is 10.4 Å². The number of carbonyl (C=O) groups is 1. The number of hydrogen-bond acceptors (Lipinski definition) is 7. The summed E-state index contributed by atoms with van der Waals surface area (Å²) in [7, 11) is 4.66. The number of nitrogens with zero attached hydrogens (tertiary/aromatic N) is 1. The van der Waals surface area contributed by atoms with Gasteiger partial charge in [0.05, 0.1) is 31.6 Å². The number of rotatable bonds is 5. The molecule has 1 amide bonds. The standard InChI is InChI=1S/C18H17N3O4S2/c1-23-10-8-13(25-3)15-14(9-10)27-18(19-15)21-17(26)20-16(22)11-6-4-5-7-12(11)24-2/h4-9H,1-3H3,(H2,19,20,21,22,26). The van der Waals surface area contributed by atoms with Crippen molar-refractivity contribution in [2.75, 3.05) is 26.6 Å². The van der Waals surface area contributed by atoms with Gasteiger partial charge in [-0.15, -0.1) is 0 Å². The zero-order chi connectivity index (χ0) is 19.4. The lowest BCUT2D eigenvalue weighted by atomic mass is 10.2. The first-order chi connectivity index (χ1) is 13.0. The number of nitrogens with one attached hydrogen (secondary N) is 2. The number of aromatic nitrogens is 1. The summed E-state index contributed by atoms with van der Waals surface area (Å²) in [5.41, 5.74) is 1.07. The van der Waals surface area contributed by atoms with E-state index in [2.05, 4.69) is 15.6 Å². The van der Waals surface area contributed by atoms with Gasteiger partial charge in [0.15, 0.2) is 10.2 Å². The van der Waals surface area contributed by atoms with Crippen molar-refractivity contribution in [3.8, 4) is 17.2 Å². The van der Waals surface area contributed by atoms with Crippen molar-refractivity contribution < 1.29 is 19.0 Å². The van der Waals surface area contributed by atoms with Crippen molar-refractivity contribution in [3.63, 3.8) is 0 Å². The van der Waals surface area contributed by atoms with Gasteiger partial charge in [-0.25, -0.2) is 4.98 Å². The molecule has 27 heavy (non-hydrogen) atoms. The Morgan fingerprint density at radius 1 is 1.07 bits per heavy atom. The van der Waals surface area contributed by atoms with E-state index in [0.29, 0.717) is 33.5 Å². The van der Waals surface area contributed by atoms with Gasteiger partial charge in [-0.2, -0.15) is 0 Å². The Balaban J connectivity index is 1.77. The van der Waals surface area contributed by atoms with Crippen LogP contribution < -0.4 is 24.8 Å². The molecule has 0 aliphatic heterocycles. The Morgan fingerprint density at radius 3 is 2.52 bits per heavy atom. The zero-order valence-corrected chi connectivity index (χ0v) is 16.5. The number of methoxy groups -OCH3 is 3. The molecule has 7 nitrogen and oxygen atoms in total. The molecule has 3 rings (SSSR count). The quantitative estimate of drug-likeness (QED) is 0.632. The highest BCUT2D eigenvalue weighted by Gasteiger charge is 2.15. The van der Waals surface area contributed by atoms with E-state index >= 15 is 0 Å². The molecular formula is C18H17N3O4S2. The summed E-state index contributed by atoms with van der Waals surface area (Å²) >= 11 is 6.60. The molecule has 2 aromatic carbocycles. The molecule has 0 spiro atoms. The predicted molar refractivity (Wildman–Crippen MR) is 109 cm³/mol. The van der Waals surface area contributed by atoms with Crippen LogP contribution in [-0.4, -0.2) is 37.3 Å². The van der Waals surface area contributed by atoms with Crippen molar-refractivity contribution >= 4 is 49.9 Å². The molecule has 0 unspecified atom stereocenters. The second-order valence-corrected chi connectivity index (χ2v) is 6.74. The first kappa shape index (κ1) is 18.9. The minimum atomic E-state index is -0.370. The largest absolute Gasteiger partial charge is 0.497 e. The van der Waals surface area contributed by atoms with E-state index < -0.39 is 0 Å². The SMILES string of the molecule is COc1cc(OC)c2nc(NC(=S)NC(=O)c3ccccc3OC)sc2c1. The minimum Gasteiger partial charge on any atom is -0.497 e. The fraction of sp³-hybridized carbons (Fsp3) is 0.167. The molecule has 0 saturated heterocycles. The first-order valence-electron chi connectivity index (χ1n) is 7.83. The number of para-hydroxylation sites is 1. The highest BCUT2D eigenvalue weighted by atomic mass is 32.1. The van der Waals surface area contributed by atoms with Crippen LogP contribution in [0.3, 0.4) is 0 Å². The molecule has 0 bridgehead atoms. The molecule has 9 heteroatoms. The summed E-state index contributed by atoms with van der Waals surface area (Å²) < 4.78 is 16.7. The van der Waals surface area contributed by atoms with Crippen molar-refractivity contribution in [1.29, 1.82) is 0 Å². The van der Waals surface area contributed by atoms with Gasteiger partial charge in [-0.05, 0) is 30.4 Å². The second kappa shape index (κ2) is 8.19. The highest BCUT2D eigenvalue weighted by molar-refractivity contribution is 7.80. The molecule has 0 aliphatic rings. The number of carbonyl (C=O) groups excluding carboxylic acids is 1. The Hall–Kier alpha value is -2.91. The van der Waals surface area contributed by atoms with E-state index in [9.17, 15) is 4.79 Å². The summed E-state index contributed by atoms with van der Waals surface area (Å²) in [6, 6.07) is 10.5. The second-order valence-electron chi connectivity index (χ2n) is 5.30. The van der Waals surface area contributed by atoms with Gasteiger partial charge >= 0.3 is 0 Å². The summed E-state index contributed by atoms with van der Waals surface area (Å²) in [5.74, 6) is 1.36. The zero-order valence-electron chi connectivity index (χ0n) is 14.9. The third-order valence-electron chi connectivity index (χ3n) is 3.69. The van der Waals surface area contributed by atoms with Crippen LogP contribution in [0.15, 0.2) is 36.4 Å². The molecule has 1 heterocycles. The number of thiazole rings is 1. The van der Waals surface area contributed by atoms with Gasteiger partial charge in [0, 0.05) is 6.07 Å². The van der Waals surface area contributed by atoms with Crippen molar-refractivity contribution in [2.45, 2.75) is 0 Å². The summed E-state index contributed by atoms with van der Waals surface area (Å²) in [6.45, 7) is 0. The number of fused-ring (bicyclic) bond motifs is 1. The maximum absolute atomic E-state index is 12.4. The third kappa shape index (κ3) is 4.09. The van der Waals surface area contributed by atoms with Crippen LogP contribution in [0.4, 0.5) is 5.13 Å². The monoisotopic (exact) mass is 403 g/mol. The van der Waals surface area contributed by atoms with Crippen molar-refractivity contribution in [3.05, 3.63) is 42.0 Å². The number of anilines is 1. The van der Waals surface area contributed by atoms with Gasteiger partial charge in [0.25, 0.3) is 5.91 Å². The molecule has 3 aromatic rings. The van der Waals surface area contributed by atoms with Gasteiger partial charge in [0.2, 0.25) is 0 Å². The van der Waals surface area contributed by atoms with E-state index in [-0.39, 0.29) is 11.0 Å². The Kier molecular flexibility index (Phi) is 5.72. The van der Waals surface area contributed by atoms with E-state index in [4.69, 9.17) is 26.4 Å². The number of ether oxygens (including phenoxy) is 3. The molecule has 0 aliphatic carbocycles. The van der Waals surface area contributed by atoms with E-state index in [1.807, 2.05) is 6.07 Å². The molecule has 0 atom stereocenters. The number of amides is 1.